The number of hydrazine groups is 1. The molecule has 0 aromatic heterocycles. The fourth-order valence-electron chi connectivity index (χ4n) is 5.49. The van der Waals surface area contributed by atoms with Gasteiger partial charge in [0.15, 0.2) is 0 Å². The molecule has 0 saturated heterocycles. The molecule has 0 heterocycles. The Hall–Kier alpha value is -2.82. The van der Waals surface area contributed by atoms with E-state index in [4.69, 9.17) is 4.74 Å². The number of benzene rings is 1. The van der Waals surface area contributed by atoms with Gasteiger partial charge in [-0.15, -0.1) is 0 Å². The molecule has 0 saturated carbocycles. The van der Waals surface area contributed by atoms with Crippen molar-refractivity contribution in [3.63, 3.8) is 0 Å². The van der Waals surface area contributed by atoms with E-state index in [1.807, 2.05) is 12.2 Å². The van der Waals surface area contributed by atoms with Gasteiger partial charge in [-0.2, -0.15) is 0 Å². The van der Waals surface area contributed by atoms with Crippen LogP contribution in [0.3, 0.4) is 0 Å². The first-order chi connectivity index (χ1) is 21.1. The van der Waals surface area contributed by atoms with Crippen LogP contribution in [0.5, 0.6) is 5.75 Å². The van der Waals surface area contributed by atoms with Crippen molar-refractivity contribution in [1.82, 2.24) is 10.4 Å². The van der Waals surface area contributed by atoms with Crippen molar-refractivity contribution in [2.75, 3.05) is 32.1 Å². The monoisotopic (exact) mass is 587 g/mol. The van der Waals surface area contributed by atoms with Crippen molar-refractivity contribution in [3.8, 4) is 5.75 Å². The summed E-state index contributed by atoms with van der Waals surface area (Å²) in [6.07, 6.45) is 31.9. The molecular formula is C39H61N3O. The minimum absolute atomic E-state index is 0.312. The van der Waals surface area contributed by atoms with Crippen molar-refractivity contribution in [3.05, 3.63) is 96.7 Å². The van der Waals surface area contributed by atoms with E-state index < -0.39 is 0 Å². The van der Waals surface area contributed by atoms with Gasteiger partial charge in [0.05, 0.1) is 6.61 Å². The van der Waals surface area contributed by atoms with E-state index in [0.29, 0.717) is 6.04 Å². The van der Waals surface area contributed by atoms with Crippen LogP contribution < -0.4 is 15.5 Å². The normalized spacial score (nSPS) is 14.2. The number of allylic oxidation sites excluding steroid dienone is 6. The zero-order valence-electron chi connectivity index (χ0n) is 27.7. The van der Waals surface area contributed by atoms with Gasteiger partial charge in [-0.3, -0.25) is 5.43 Å². The van der Waals surface area contributed by atoms with Crippen LogP contribution in [0.15, 0.2) is 96.7 Å². The maximum absolute atomic E-state index is 5.98. The Labute approximate surface area is 264 Å². The largest absolute Gasteiger partial charge is 0.494 e. The lowest BCUT2D eigenvalue weighted by atomic mass is 9.94. The summed E-state index contributed by atoms with van der Waals surface area (Å²) in [5.41, 5.74) is 8.66. The van der Waals surface area contributed by atoms with Crippen molar-refractivity contribution >= 4 is 5.69 Å². The fourth-order valence-corrected chi connectivity index (χ4v) is 5.49. The van der Waals surface area contributed by atoms with Crippen LogP contribution in [-0.2, 0) is 0 Å². The number of hydrogen-bond acceptors (Lipinski definition) is 4. The Kier molecular flexibility index (Phi) is 20.0. The third kappa shape index (κ3) is 16.0. The lowest BCUT2D eigenvalue weighted by molar-refractivity contribution is 0.153. The predicted octanol–water partition coefficient (Wildman–Crippen LogP) is 10.5. The summed E-state index contributed by atoms with van der Waals surface area (Å²) < 4.78 is 5.98. The molecule has 0 spiro atoms. The molecule has 4 nitrogen and oxygen atoms in total. The van der Waals surface area contributed by atoms with Gasteiger partial charge in [0.1, 0.15) is 5.75 Å². The number of nitrogens with one attached hydrogen (secondary N) is 2. The predicted molar refractivity (Wildman–Crippen MR) is 190 cm³/mol. The third-order valence-corrected chi connectivity index (χ3v) is 8.22. The van der Waals surface area contributed by atoms with E-state index in [0.717, 1.165) is 63.2 Å². The summed E-state index contributed by atoms with van der Waals surface area (Å²) >= 11 is 0. The molecule has 0 bridgehead atoms. The minimum atomic E-state index is 0.312. The van der Waals surface area contributed by atoms with Crippen LogP contribution in [-0.4, -0.2) is 37.8 Å². The van der Waals surface area contributed by atoms with E-state index in [1.165, 1.54) is 74.5 Å². The van der Waals surface area contributed by atoms with Gasteiger partial charge >= 0.3 is 0 Å². The molecule has 0 aliphatic heterocycles. The van der Waals surface area contributed by atoms with Crippen LogP contribution in [0.4, 0.5) is 5.69 Å². The molecule has 0 radical (unpaired) electrons. The van der Waals surface area contributed by atoms with E-state index in [1.54, 1.807) is 0 Å². The SMILES string of the molecule is C=C/C=C\C(=C/C)CC(C(=C)CCCCCCCCCOc1ccc(NCC2=CCCC=C2)cc1)N(CCCCC)NC. The Morgan fingerprint density at radius 2 is 1.74 bits per heavy atom. The molecule has 1 aromatic rings. The molecule has 1 aliphatic rings. The smallest absolute Gasteiger partial charge is 0.119 e. The van der Waals surface area contributed by atoms with Crippen LogP contribution in [0.1, 0.15) is 104 Å². The zero-order valence-corrected chi connectivity index (χ0v) is 27.7. The van der Waals surface area contributed by atoms with Gasteiger partial charge in [-0.25, -0.2) is 5.01 Å². The van der Waals surface area contributed by atoms with Gasteiger partial charge in [0.25, 0.3) is 0 Å². The quantitative estimate of drug-likeness (QED) is 0.0516. The molecule has 2 rings (SSSR count). The standard InChI is InChI=1S/C39H61N3O/c1-6-9-20-30-42(40-5)39(32-35(8-3)23-10-7-2)34(4)22-17-14-12-11-13-15-21-31-43-38-28-26-37(27-29-38)41-33-36-24-18-16-19-25-36/h7-8,10,18,23-29,39-41H,2,4,6,9,11-17,19-22,30-33H2,1,3,5H3/b23-10-,35-8+. The molecule has 0 fully saturated rings. The highest BCUT2D eigenvalue weighted by atomic mass is 16.5. The van der Waals surface area contributed by atoms with Gasteiger partial charge in [-0.1, -0.05) is 119 Å². The van der Waals surface area contributed by atoms with Crippen LogP contribution in [0.2, 0.25) is 0 Å². The van der Waals surface area contributed by atoms with E-state index in [2.05, 4.69) is 104 Å². The molecule has 1 atom stereocenters. The molecule has 0 amide bonds. The summed E-state index contributed by atoms with van der Waals surface area (Å²) in [5.74, 6) is 0.960. The Bertz CT molecular complexity index is 1020. The Morgan fingerprint density at radius 1 is 1.00 bits per heavy atom. The molecular weight excluding hydrogens is 526 g/mol. The topological polar surface area (TPSA) is 36.5 Å². The first-order valence-corrected chi connectivity index (χ1v) is 17.0. The number of nitrogens with zero attached hydrogens (tertiary/aromatic N) is 1. The number of hydrogen-bond donors (Lipinski definition) is 2. The van der Waals surface area contributed by atoms with Crippen molar-refractivity contribution in [1.29, 1.82) is 0 Å². The third-order valence-electron chi connectivity index (χ3n) is 8.22. The molecule has 2 N–H and O–H groups in total. The maximum atomic E-state index is 5.98. The summed E-state index contributed by atoms with van der Waals surface area (Å²) in [7, 11) is 2.05. The van der Waals surface area contributed by atoms with Crippen molar-refractivity contribution < 1.29 is 4.74 Å². The first-order valence-electron chi connectivity index (χ1n) is 17.0. The average molecular weight is 588 g/mol. The van der Waals surface area contributed by atoms with Crippen LogP contribution >= 0.6 is 0 Å². The van der Waals surface area contributed by atoms with Gasteiger partial charge in [0, 0.05) is 24.8 Å². The molecule has 43 heavy (non-hydrogen) atoms. The number of anilines is 1. The number of ether oxygens (including phenoxy) is 1. The number of rotatable bonds is 25. The zero-order chi connectivity index (χ0) is 31.0. The van der Waals surface area contributed by atoms with E-state index in [9.17, 15) is 0 Å². The molecule has 4 heteroatoms. The molecule has 1 unspecified atom stereocenters. The fraction of sp³-hybridized carbons (Fsp3) is 0.538. The van der Waals surface area contributed by atoms with Gasteiger partial charge in [0.2, 0.25) is 0 Å². The lowest BCUT2D eigenvalue weighted by Crippen LogP contribution is -2.45. The van der Waals surface area contributed by atoms with Gasteiger partial charge < -0.3 is 10.1 Å². The highest BCUT2D eigenvalue weighted by molar-refractivity contribution is 5.48. The second-order valence-electron chi connectivity index (χ2n) is 11.7. The lowest BCUT2D eigenvalue weighted by Gasteiger charge is -2.33. The second-order valence-corrected chi connectivity index (χ2v) is 11.7. The van der Waals surface area contributed by atoms with Crippen molar-refractivity contribution in [2.24, 2.45) is 0 Å². The number of unbranched alkanes of at least 4 members (excludes halogenated alkanes) is 8. The molecule has 238 valence electrons. The molecule has 1 aromatic carbocycles. The highest BCUT2D eigenvalue weighted by Gasteiger charge is 2.20. The maximum Gasteiger partial charge on any atom is 0.119 e. The summed E-state index contributed by atoms with van der Waals surface area (Å²) in [6.45, 7) is 15.5. The van der Waals surface area contributed by atoms with Crippen molar-refractivity contribution in [2.45, 2.75) is 110 Å². The summed E-state index contributed by atoms with van der Waals surface area (Å²) in [6, 6.07) is 8.68. The Balaban J connectivity index is 1.60. The van der Waals surface area contributed by atoms with E-state index in [-0.39, 0.29) is 0 Å². The minimum Gasteiger partial charge on any atom is -0.494 e. The molecule has 1 aliphatic carbocycles. The summed E-state index contributed by atoms with van der Waals surface area (Å²) in [5, 5.41) is 5.91. The highest BCUT2D eigenvalue weighted by Crippen LogP contribution is 2.24. The Morgan fingerprint density at radius 3 is 2.40 bits per heavy atom. The average Bonchev–Trinajstić information content (AvgIpc) is 3.04. The summed E-state index contributed by atoms with van der Waals surface area (Å²) in [4.78, 5) is 0. The van der Waals surface area contributed by atoms with Crippen LogP contribution in [0, 0.1) is 0 Å². The van der Waals surface area contributed by atoms with E-state index >= 15 is 0 Å². The second kappa shape index (κ2) is 23.6. The van der Waals surface area contributed by atoms with Gasteiger partial charge in [-0.05, 0) is 88.8 Å². The van der Waals surface area contributed by atoms with Crippen LogP contribution in [0.25, 0.3) is 0 Å². The first kappa shape index (κ1) is 36.4.